The zero-order valence-corrected chi connectivity index (χ0v) is 10.8. The van der Waals surface area contributed by atoms with E-state index in [1.807, 2.05) is 0 Å². The molecule has 1 aliphatic carbocycles. The molecule has 0 aromatic carbocycles. The van der Waals surface area contributed by atoms with E-state index in [0.29, 0.717) is 12.3 Å². The summed E-state index contributed by atoms with van der Waals surface area (Å²) in [5.41, 5.74) is 5.82. The molecule has 5 heteroatoms. The quantitative estimate of drug-likeness (QED) is 0.333. The second-order valence-corrected chi connectivity index (χ2v) is 6.09. The summed E-state index contributed by atoms with van der Waals surface area (Å²) < 4.78 is 5.70. The fraction of sp³-hybridized carbons (Fsp3) is 0.917. The van der Waals surface area contributed by atoms with Gasteiger partial charge >= 0.3 is 0 Å². The predicted octanol–water partition coefficient (Wildman–Crippen LogP) is 1.01. The molecule has 1 heterocycles. The molecule has 0 bridgehead atoms. The molecular weight excluding hydrogens is 218 g/mol. The van der Waals surface area contributed by atoms with Crippen LogP contribution in [0.4, 0.5) is 0 Å². The summed E-state index contributed by atoms with van der Waals surface area (Å²) in [7, 11) is 0. The first-order valence-corrected chi connectivity index (χ1v) is 6.28. The normalized spacial score (nSPS) is 28.0. The van der Waals surface area contributed by atoms with Gasteiger partial charge in [0.05, 0.1) is 12.2 Å². The lowest BCUT2D eigenvalue weighted by molar-refractivity contribution is -0.0897. The Morgan fingerprint density at radius 3 is 2.71 bits per heavy atom. The fourth-order valence-corrected chi connectivity index (χ4v) is 2.71. The van der Waals surface area contributed by atoms with Crippen LogP contribution in [0, 0.1) is 5.41 Å². The minimum Gasteiger partial charge on any atom is -0.409 e. The average molecular weight is 241 g/mol. The number of amidine groups is 1. The Hall–Kier alpha value is -0.810. The summed E-state index contributed by atoms with van der Waals surface area (Å²) in [5.74, 6) is 0.356. The van der Waals surface area contributed by atoms with Crippen LogP contribution in [0.5, 0.6) is 0 Å². The van der Waals surface area contributed by atoms with E-state index >= 15 is 0 Å². The molecule has 1 saturated carbocycles. The van der Waals surface area contributed by atoms with Gasteiger partial charge in [-0.3, -0.25) is 4.90 Å². The molecule has 5 nitrogen and oxygen atoms in total. The van der Waals surface area contributed by atoms with Crippen molar-refractivity contribution >= 4 is 5.84 Å². The van der Waals surface area contributed by atoms with Crippen LogP contribution in [-0.4, -0.2) is 47.8 Å². The van der Waals surface area contributed by atoms with Crippen LogP contribution in [0.1, 0.15) is 33.1 Å². The molecule has 2 fully saturated rings. The molecule has 0 atom stereocenters. The summed E-state index contributed by atoms with van der Waals surface area (Å²) in [5, 5.41) is 11.7. The highest BCUT2D eigenvalue weighted by Crippen LogP contribution is 2.49. The molecule has 0 aromatic rings. The number of nitrogens with zero attached hydrogens (tertiary/aromatic N) is 2. The van der Waals surface area contributed by atoms with Crippen LogP contribution < -0.4 is 5.73 Å². The number of hydrogen-bond donors (Lipinski definition) is 2. The monoisotopic (exact) mass is 241 g/mol. The lowest BCUT2D eigenvalue weighted by Gasteiger charge is -2.39. The summed E-state index contributed by atoms with van der Waals surface area (Å²) in [4.78, 5) is 2.45. The molecule has 0 spiro atoms. The Bertz CT molecular complexity index is 311. The van der Waals surface area contributed by atoms with E-state index in [9.17, 15) is 0 Å². The van der Waals surface area contributed by atoms with E-state index in [4.69, 9.17) is 15.7 Å². The number of nitrogens with two attached hydrogens (primary N) is 1. The van der Waals surface area contributed by atoms with Crippen molar-refractivity contribution in [3.8, 4) is 0 Å². The molecule has 2 rings (SSSR count). The van der Waals surface area contributed by atoms with E-state index in [1.54, 1.807) is 0 Å². The maximum Gasteiger partial charge on any atom is 0.139 e. The maximum atomic E-state index is 8.64. The van der Waals surface area contributed by atoms with Crippen LogP contribution >= 0.6 is 0 Å². The zero-order chi connectivity index (χ0) is 12.5. The minimum absolute atomic E-state index is 0.0507. The summed E-state index contributed by atoms with van der Waals surface area (Å²) in [6, 6.07) is 0. The number of hydrogen-bond acceptors (Lipinski definition) is 4. The van der Waals surface area contributed by atoms with Gasteiger partial charge in [0, 0.05) is 26.1 Å². The first kappa shape index (κ1) is 12.6. The van der Waals surface area contributed by atoms with Gasteiger partial charge in [0.1, 0.15) is 5.84 Å². The number of ether oxygens (including phenoxy) is 1. The van der Waals surface area contributed by atoms with Crippen molar-refractivity contribution in [1.82, 2.24) is 4.90 Å². The molecule has 0 unspecified atom stereocenters. The Morgan fingerprint density at radius 2 is 2.18 bits per heavy atom. The Labute approximate surface area is 103 Å². The molecule has 0 radical (unpaired) electrons. The van der Waals surface area contributed by atoms with Gasteiger partial charge in [-0.05, 0) is 32.1 Å². The molecule has 98 valence electrons. The lowest BCUT2D eigenvalue weighted by atomic mass is 9.99. The fourth-order valence-electron chi connectivity index (χ4n) is 2.71. The van der Waals surface area contributed by atoms with E-state index in [-0.39, 0.29) is 11.0 Å². The second kappa shape index (κ2) is 4.46. The van der Waals surface area contributed by atoms with Crippen molar-refractivity contribution in [3.63, 3.8) is 0 Å². The Balaban J connectivity index is 1.88. The van der Waals surface area contributed by atoms with E-state index in [2.05, 4.69) is 23.9 Å². The van der Waals surface area contributed by atoms with Crippen molar-refractivity contribution in [2.24, 2.45) is 16.3 Å². The van der Waals surface area contributed by atoms with Crippen LogP contribution in [-0.2, 0) is 4.74 Å². The Kier molecular flexibility index (Phi) is 3.32. The topological polar surface area (TPSA) is 71.1 Å². The molecular formula is C12H23N3O2. The molecule has 17 heavy (non-hydrogen) atoms. The van der Waals surface area contributed by atoms with Crippen molar-refractivity contribution in [2.45, 2.75) is 38.7 Å². The SMILES string of the molecule is CC1(C)CN(CC2(CC(N)=NO)CC2)CCO1. The third-order valence-electron chi connectivity index (χ3n) is 3.71. The lowest BCUT2D eigenvalue weighted by Crippen LogP contribution is -2.50. The standard InChI is InChI=1S/C12H23N3O2/c1-11(2)8-15(5-6-17-11)9-12(3-4-12)7-10(13)14-16/h16H,3-9H2,1-2H3,(H2,13,14). The van der Waals surface area contributed by atoms with Crippen LogP contribution in [0.25, 0.3) is 0 Å². The van der Waals surface area contributed by atoms with Gasteiger partial charge in [-0.2, -0.15) is 0 Å². The van der Waals surface area contributed by atoms with Crippen LogP contribution in [0.2, 0.25) is 0 Å². The number of rotatable bonds is 4. The van der Waals surface area contributed by atoms with Crippen molar-refractivity contribution < 1.29 is 9.94 Å². The third-order valence-corrected chi connectivity index (χ3v) is 3.71. The van der Waals surface area contributed by atoms with E-state index in [1.165, 1.54) is 12.8 Å². The molecule has 0 aromatic heterocycles. The van der Waals surface area contributed by atoms with Gasteiger partial charge in [-0.1, -0.05) is 5.16 Å². The number of oxime groups is 1. The second-order valence-electron chi connectivity index (χ2n) is 6.09. The van der Waals surface area contributed by atoms with E-state index < -0.39 is 0 Å². The number of morpholine rings is 1. The summed E-state index contributed by atoms with van der Waals surface area (Å²) in [6.45, 7) is 8.04. The van der Waals surface area contributed by atoms with Crippen molar-refractivity contribution in [3.05, 3.63) is 0 Å². The van der Waals surface area contributed by atoms with E-state index in [0.717, 1.165) is 26.2 Å². The molecule has 3 N–H and O–H groups in total. The van der Waals surface area contributed by atoms with Gasteiger partial charge in [0.2, 0.25) is 0 Å². The van der Waals surface area contributed by atoms with Gasteiger partial charge in [0.25, 0.3) is 0 Å². The Morgan fingerprint density at radius 1 is 1.47 bits per heavy atom. The highest BCUT2D eigenvalue weighted by molar-refractivity contribution is 5.80. The molecule has 1 saturated heterocycles. The molecule has 0 amide bonds. The first-order chi connectivity index (χ1) is 7.95. The minimum atomic E-state index is -0.0507. The van der Waals surface area contributed by atoms with Crippen LogP contribution in [0.15, 0.2) is 5.16 Å². The van der Waals surface area contributed by atoms with Crippen molar-refractivity contribution in [2.75, 3.05) is 26.2 Å². The third kappa shape index (κ3) is 3.33. The van der Waals surface area contributed by atoms with Crippen molar-refractivity contribution in [1.29, 1.82) is 0 Å². The molecule has 1 aliphatic heterocycles. The van der Waals surface area contributed by atoms with Crippen LogP contribution in [0.3, 0.4) is 0 Å². The first-order valence-electron chi connectivity index (χ1n) is 6.28. The summed E-state index contributed by atoms with van der Waals surface area (Å²) >= 11 is 0. The van der Waals surface area contributed by atoms with Gasteiger partial charge in [-0.15, -0.1) is 0 Å². The average Bonchev–Trinajstić information content (AvgIpc) is 2.96. The highest BCUT2D eigenvalue weighted by atomic mass is 16.5. The smallest absolute Gasteiger partial charge is 0.139 e. The summed E-state index contributed by atoms with van der Waals surface area (Å²) in [6.07, 6.45) is 3.07. The highest BCUT2D eigenvalue weighted by Gasteiger charge is 2.45. The van der Waals surface area contributed by atoms with Gasteiger partial charge < -0.3 is 15.7 Å². The largest absolute Gasteiger partial charge is 0.409 e. The molecule has 2 aliphatic rings. The van der Waals surface area contributed by atoms with Gasteiger partial charge in [-0.25, -0.2) is 0 Å². The van der Waals surface area contributed by atoms with Gasteiger partial charge in [0.15, 0.2) is 0 Å². The maximum absolute atomic E-state index is 8.64. The zero-order valence-electron chi connectivity index (χ0n) is 10.8. The predicted molar refractivity (Wildman–Crippen MR) is 66.2 cm³/mol.